The molecule has 0 spiro atoms. The highest BCUT2D eigenvalue weighted by Gasteiger charge is 2.30. The average Bonchev–Trinajstić information content (AvgIpc) is 2.58. The van der Waals surface area contributed by atoms with Crippen LogP contribution in [0.15, 0.2) is 0 Å². The minimum atomic E-state index is -1.29. The molecule has 0 rings (SSSR count). The molecule has 0 aromatic heterocycles. The van der Waals surface area contributed by atoms with Gasteiger partial charge in [-0.1, -0.05) is 6.42 Å². The molecule has 0 radical (unpaired) electrons. The fraction of sp³-hybridized carbons (Fsp3) is 0.812. The van der Waals surface area contributed by atoms with Crippen LogP contribution in [-0.2, 0) is 14.4 Å². The first-order chi connectivity index (χ1) is 12.2. The standard InChI is InChI=1S/C16H33N5O5/c1-10(22)13(21-14(23)11(19)6-2-4-8-17)15(24)20-12(16(25)26)7-3-5-9-18/h10-13,22H,2-9,17-19H2,1H3,(H,20,24)(H,21,23)(H,25,26)/t10-,11+,12+,13+/m1/s1. The molecular weight excluding hydrogens is 342 g/mol. The second-order valence-electron chi connectivity index (χ2n) is 6.30. The molecular formula is C16H33N5O5. The Kier molecular flexibility index (Phi) is 12.5. The monoisotopic (exact) mass is 375 g/mol. The Balaban J connectivity index is 4.77. The number of nitrogens with one attached hydrogen (secondary N) is 2. The first kappa shape index (κ1) is 24.2. The quantitative estimate of drug-likeness (QED) is 0.169. The fourth-order valence-electron chi connectivity index (χ4n) is 2.32. The van der Waals surface area contributed by atoms with Crippen molar-refractivity contribution in [3.63, 3.8) is 0 Å². The third kappa shape index (κ3) is 9.66. The highest BCUT2D eigenvalue weighted by Crippen LogP contribution is 2.04. The van der Waals surface area contributed by atoms with E-state index in [-0.39, 0.29) is 6.42 Å². The highest BCUT2D eigenvalue weighted by molar-refractivity contribution is 5.92. The van der Waals surface area contributed by atoms with Gasteiger partial charge in [0.2, 0.25) is 11.8 Å². The number of hydrogen-bond acceptors (Lipinski definition) is 7. The Morgan fingerprint density at radius 1 is 0.923 bits per heavy atom. The van der Waals surface area contributed by atoms with Crippen LogP contribution in [0.3, 0.4) is 0 Å². The number of unbranched alkanes of at least 4 members (excludes halogenated alkanes) is 2. The molecule has 0 aliphatic rings. The van der Waals surface area contributed by atoms with Gasteiger partial charge in [-0.05, 0) is 52.1 Å². The van der Waals surface area contributed by atoms with Gasteiger partial charge in [0.05, 0.1) is 12.1 Å². The maximum Gasteiger partial charge on any atom is 0.326 e. The first-order valence-corrected chi connectivity index (χ1v) is 8.91. The van der Waals surface area contributed by atoms with E-state index in [4.69, 9.17) is 17.2 Å². The summed E-state index contributed by atoms with van der Waals surface area (Å²) in [6, 6.07) is -3.25. The number of carbonyl (C=O) groups excluding carboxylic acids is 2. The Bertz CT molecular complexity index is 447. The lowest BCUT2D eigenvalue weighted by molar-refractivity contribution is -0.143. The molecule has 0 aromatic rings. The molecule has 10 nitrogen and oxygen atoms in total. The summed E-state index contributed by atoms with van der Waals surface area (Å²) >= 11 is 0. The van der Waals surface area contributed by atoms with Crippen LogP contribution in [0.5, 0.6) is 0 Å². The van der Waals surface area contributed by atoms with Crippen molar-refractivity contribution >= 4 is 17.8 Å². The van der Waals surface area contributed by atoms with Gasteiger partial charge in [-0.25, -0.2) is 4.79 Å². The molecule has 0 heterocycles. The lowest BCUT2D eigenvalue weighted by atomic mass is 10.1. The lowest BCUT2D eigenvalue weighted by Crippen LogP contribution is -2.58. The molecule has 0 aliphatic heterocycles. The minimum Gasteiger partial charge on any atom is -0.480 e. The molecule has 0 fully saturated rings. The van der Waals surface area contributed by atoms with E-state index in [0.717, 1.165) is 6.42 Å². The van der Waals surface area contributed by atoms with Gasteiger partial charge in [-0.15, -0.1) is 0 Å². The van der Waals surface area contributed by atoms with Crippen LogP contribution in [0.2, 0.25) is 0 Å². The van der Waals surface area contributed by atoms with Gasteiger partial charge < -0.3 is 38.0 Å². The van der Waals surface area contributed by atoms with Gasteiger partial charge in [-0.3, -0.25) is 9.59 Å². The predicted molar refractivity (Wildman–Crippen MR) is 97.0 cm³/mol. The zero-order valence-corrected chi connectivity index (χ0v) is 15.3. The smallest absolute Gasteiger partial charge is 0.326 e. The van der Waals surface area contributed by atoms with Crippen LogP contribution in [-0.4, -0.2) is 65.3 Å². The van der Waals surface area contributed by atoms with Crippen LogP contribution < -0.4 is 27.8 Å². The van der Waals surface area contributed by atoms with E-state index in [0.29, 0.717) is 38.8 Å². The van der Waals surface area contributed by atoms with Crippen LogP contribution in [0.4, 0.5) is 0 Å². The summed E-state index contributed by atoms with van der Waals surface area (Å²) in [5.74, 6) is -2.55. The molecule has 4 atom stereocenters. The molecule has 152 valence electrons. The van der Waals surface area contributed by atoms with Crippen LogP contribution >= 0.6 is 0 Å². The number of aliphatic hydroxyl groups is 1. The van der Waals surface area contributed by atoms with E-state index in [1.807, 2.05) is 0 Å². The molecule has 26 heavy (non-hydrogen) atoms. The van der Waals surface area contributed by atoms with Gasteiger partial charge in [0.25, 0.3) is 0 Å². The summed E-state index contributed by atoms with van der Waals surface area (Å²) < 4.78 is 0. The summed E-state index contributed by atoms with van der Waals surface area (Å²) in [6.07, 6.45) is 1.95. The van der Waals surface area contributed by atoms with Crippen molar-refractivity contribution in [1.29, 1.82) is 0 Å². The molecule has 2 amide bonds. The third-order valence-corrected chi connectivity index (χ3v) is 3.93. The summed E-state index contributed by atoms with van der Waals surface area (Å²) in [6.45, 7) is 2.25. The van der Waals surface area contributed by atoms with E-state index in [9.17, 15) is 24.6 Å². The number of carboxylic acid groups (broad SMARTS) is 1. The van der Waals surface area contributed by atoms with Crippen molar-refractivity contribution in [1.82, 2.24) is 10.6 Å². The second-order valence-corrected chi connectivity index (χ2v) is 6.30. The van der Waals surface area contributed by atoms with Gasteiger partial charge in [0.1, 0.15) is 12.1 Å². The van der Waals surface area contributed by atoms with E-state index in [1.54, 1.807) is 0 Å². The molecule has 0 saturated heterocycles. The largest absolute Gasteiger partial charge is 0.480 e. The number of aliphatic hydroxyl groups excluding tert-OH is 1. The summed E-state index contributed by atoms with van der Waals surface area (Å²) in [7, 11) is 0. The molecule has 0 aromatic carbocycles. The van der Waals surface area contributed by atoms with Gasteiger partial charge in [0, 0.05) is 0 Å². The van der Waals surface area contributed by atoms with Crippen LogP contribution in [0.1, 0.15) is 45.4 Å². The molecule has 0 aliphatic carbocycles. The number of carbonyl (C=O) groups is 3. The minimum absolute atomic E-state index is 0.206. The molecule has 0 bridgehead atoms. The number of carboxylic acids is 1. The summed E-state index contributed by atoms with van der Waals surface area (Å²) in [4.78, 5) is 35.7. The Morgan fingerprint density at radius 3 is 1.92 bits per heavy atom. The van der Waals surface area contributed by atoms with Gasteiger partial charge >= 0.3 is 5.97 Å². The Labute approximate surface area is 153 Å². The number of aliphatic carboxylic acids is 1. The van der Waals surface area contributed by atoms with Crippen molar-refractivity contribution in [2.24, 2.45) is 17.2 Å². The maximum absolute atomic E-state index is 12.3. The fourth-order valence-corrected chi connectivity index (χ4v) is 2.32. The molecule has 10 heteroatoms. The first-order valence-electron chi connectivity index (χ1n) is 8.91. The van der Waals surface area contributed by atoms with Crippen LogP contribution in [0.25, 0.3) is 0 Å². The number of hydrogen-bond donors (Lipinski definition) is 7. The SMILES string of the molecule is C[C@@H](O)[C@H](NC(=O)[C@@H](N)CCCCN)C(=O)N[C@@H](CCCCN)C(=O)O. The van der Waals surface area contributed by atoms with Crippen LogP contribution in [0, 0.1) is 0 Å². The van der Waals surface area contributed by atoms with E-state index < -0.39 is 42.0 Å². The van der Waals surface area contributed by atoms with Gasteiger partial charge in [0.15, 0.2) is 0 Å². The molecule has 0 saturated carbocycles. The topological polar surface area (TPSA) is 194 Å². The number of nitrogens with two attached hydrogens (primary N) is 3. The molecule has 0 unspecified atom stereocenters. The zero-order chi connectivity index (χ0) is 20.1. The Morgan fingerprint density at radius 2 is 1.46 bits per heavy atom. The second kappa shape index (κ2) is 13.5. The number of amides is 2. The highest BCUT2D eigenvalue weighted by atomic mass is 16.4. The van der Waals surface area contributed by atoms with Crippen molar-refractivity contribution in [3.05, 3.63) is 0 Å². The van der Waals surface area contributed by atoms with Crippen molar-refractivity contribution in [2.45, 2.75) is 69.7 Å². The van der Waals surface area contributed by atoms with E-state index in [1.165, 1.54) is 6.92 Å². The molecule has 10 N–H and O–H groups in total. The lowest BCUT2D eigenvalue weighted by Gasteiger charge is -2.24. The Hall–Kier alpha value is -1.75. The van der Waals surface area contributed by atoms with Crippen molar-refractivity contribution in [3.8, 4) is 0 Å². The average molecular weight is 375 g/mol. The maximum atomic E-state index is 12.3. The third-order valence-electron chi connectivity index (χ3n) is 3.93. The summed E-state index contributed by atoms with van der Waals surface area (Å²) in [5.41, 5.74) is 16.5. The summed E-state index contributed by atoms with van der Waals surface area (Å²) in [5, 5.41) is 23.7. The van der Waals surface area contributed by atoms with Crippen molar-refractivity contribution < 1.29 is 24.6 Å². The van der Waals surface area contributed by atoms with E-state index >= 15 is 0 Å². The number of rotatable bonds is 14. The zero-order valence-electron chi connectivity index (χ0n) is 15.3. The normalized spacial score (nSPS) is 15.6. The van der Waals surface area contributed by atoms with Crippen molar-refractivity contribution in [2.75, 3.05) is 13.1 Å². The predicted octanol–water partition coefficient (Wildman–Crippen LogP) is -1.99. The van der Waals surface area contributed by atoms with E-state index in [2.05, 4.69) is 10.6 Å². The van der Waals surface area contributed by atoms with Gasteiger partial charge in [-0.2, -0.15) is 0 Å².